The maximum atomic E-state index is 4.34. The van der Waals surface area contributed by atoms with Gasteiger partial charge in [-0.05, 0) is 23.9 Å². The van der Waals surface area contributed by atoms with Crippen LogP contribution in [0.4, 0.5) is 0 Å². The van der Waals surface area contributed by atoms with Gasteiger partial charge in [-0.25, -0.2) is 4.98 Å². The summed E-state index contributed by atoms with van der Waals surface area (Å²) in [7, 11) is 0. The predicted octanol–water partition coefficient (Wildman–Crippen LogP) is 3.54. The van der Waals surface area contributed by atoms with E-state index in [1.807, 2.05) is 24.0 Å². The van der Waals surface area contributed by atoms with Crippen LogP contribution >= 0.6 is 11.3 Å². The first-order chi connectivity index (χ1) is 9.34. The summed E-state index contributed by atoms with van der Waals surface area (Å²) >= 11 is 1.69. The lowest BCUT2D eigenvalue weighted by Gasteiger charge is -2.12. The van der Waals surface area contributed by atoms with Crippen LogP contribution < -0.4 is 5.32 Å². The van der Waals surface area contributed by atoms with Crippen LogP contribution in [0.1, 0.15) is 23.5 Å². The van der Waals surface area contributed by atoms with Gasteiger partial charge in [0.05, 0.1) is 6.04 Å². The fraction of sp³-hybridized carbons (Fsp3) is 0.200. The molecule has 1 aromatic carbocycles. The third-order valence-corrected chi connectivity index (χ3v) is 4.15. The van der Waals surface area contributed by atoms with Gasteiger partial charge in [-0.15, -0.1) is 11.3 Å². The van der Waals surface area contributed by atoms with E-state index in [1.165, 1.54) is 16.3 Å². The van der Waals surface area contributed by atoms with E-state index in [0.717, 1.165) is 11.6 Å². The molecule has 3 rings (SSSR count). The van der Waals surface area contributed by atoms with Crippen LogP contribution in [0.5, 0.6) is 0 Å². The van der Waals surface area contributed by atoms with Crippen LogP contribution in [0.3, 0.4) is 0 Å². The third kappa shape index (κ3) is 2.64. The van der Waals surface area contributed by atoms with Crippen LogP contribution in [0, 0.1) is 0 Å². The van der Waals surface area contributed by atoms with E-state index in [-0.39, 0.29) is 6.04 Å². The lowest BCUT2D eigenvalue weighted by atomic mass is 10.1. The minimum atomic E-state index is 0.275. The topological polar surface area (TPSA) is 37.8 Å². The van der Waals surface area contributed by atoms with Crippen LogP contribution in [0.15, 0.2) is 48.2 Å². The fourth-order valence-corrected chi connectivity index (χ4v) is 2.81. The Bertz CT molecular complexity index is 659. The normalized spacial score (nSPS) is 12.7. The molecule has 0 saturated carbocycles. The molecule has 2 aromatic heterocycles. The van der Waals surface area contributed by atoms with Crippen molar-refractivity contribution < 1.29 is 0 Å². The molecule has 1 atom stereocenters. The molecule has 3 nitrogen and oxygen atoms in total. The van der Waals surface area contributed by atoms with E-state index in [9.17, 15) is 0 Å². The lowest BCUT2D eigenvalue weighted by Crippen LogP contribution is -2.18. The quantitative estimate of drug-likeness (QED) is 0.787. The average Bonchev–Trinajstić information content (AvgIpc) is 2.99. The molecule has 0 aliphatic rings. The standard InChI is InChI=1S/C15H15N3S/c1-11(15-17-7-8-19-15)18-10-13-4-2-3-12-9-16-6-5-14(12)13/h2-9,11,18H,10H2,1H3. The van der Waals surface area contributed by atoms with Gasteiger partial charge in [0.2, 0.25) is 0 Å². The van der Waals surface area contributed by atoms with Crippen molar-refractivity contribution in [3.8, 4) is 0 Å². The van der Waals surface area contributed by atoms with E-state index >= 15 is 0 Å². The first kappa shape index (κ1) is 12.3. The van der Waals surface area contributed by atoms with Crippen molar-refractivity contribution in [2.75, 3.05) is 0 Å². The molecule has 2 heterocycles. The van der Waals surface area contributed by atoms with Gasteiger partial charge in [-0.1, -0.05) is 18.2 Å². The van der Waals surface area contributed by atoms with Gasteiger partial charge < -0.3 is 5.32 Å². The predicted molar refractivity (Wildman–Crippen MR) is 79.1 cm³/mol. The van der Waals surface area contributed by atoms with E-state index in [2.05, 4.69) is 46.5 Å². The maximum Gasteiger partial charge on any atom is 0.109 e. The van der Waals surface area contributed by atoms with Crippen molar-refractivity contribution in [1.82, 2.24) is 15.3 Å². The molecule has 96 valence electrons. The van der Waals surface area contributed by atoms with Gasteiger partial charge in [0.1, 0.15) is 5.01 Å². The van der Waals surface area contributed by atoms with Crippen LogP contribution in [0.2, 0.25) is 0 Å². The van der Waals surface area contributed by atoms with E-state index in [1.54, 1.807) is 11.3 Å². The van der Waals surface area contributed by atoms with Crippen LogP contribution in [0.25, 0.3) is 10.8 Å². The number of nitrogens with one attached hydrogen (secondary N) is 1. The monoisotopic (exact) mass is 269 g/mol. The Balaban J connectivity index is 1.79. The van der Waals surface area contributed by atoms with Crippen molar-refractivity contribution in [1.29, 1.82) is 0 Å². The number of hydrogen-bond donors (Lipinski definition) is 1. The molecule has 0 fully saturated rings. The summed E-state index contributed by atoms with van der Waals surface area (Å²) in [6, 6.07) is 8.67. The van der Waals surface area contributed by atoms with Crippen LogP contribution in [-0.4, -0.2) is 9.97 Å². The van der Waals surface area contributed by atoms with E-state index in [4.69, 9.17) is 0 Å². The molecule has 4 heteroatoms. The molecule has 0 aliphatic heterocycles. The number of nitrogens with zero attached hydrogens (tertiary/aromatic N) is 2. The SMILES string of the molecule is CC(NCc1cccc2cnccc12)c1nccs1. The van der Waals surface area contributed by atoms with E-state index < -0.39 is 0 Å². The maximum absolute atomic E-state index is 4.34. The zero-order valence-electron chi connectivity index (χ0n) is 10.7. The zero-order chi connectivity index (χ0) is 13.1. The Morgan fingerprint density at radius 1 is 1.26 bits per heavy atom. The molecule has 0 radical (unpaired) electrons. The molecule has 0 amide bonds. The molecule has 0 aliphatic carbocycles. The zero-order valence-corrected chi connectivity index (χ0v) is 11.5. The highest BCUT2D eigenvalue weighted by Gasteiger charge is 2.08. The average molecular weight is 269 g/mol. The Labute approximate surface area is 116 Å². The minimum absolute atomic E-state index is 0.275. The van der Waals surface area contributed by atoms with Gasteiger partial charge >= 0.3 is 0 Å². The Kier molecular flexibility index (Phi) is 3.53. The fourth-order valence-electron chi connectivity index (χ4n) is 2.14. The summed E-state index contributed by atoms with van der Waals surface area (Å²) in [5, 5.41) is 9.10. The van der Waals surface area contributed by atoms with Crippen LogP contribution in [-0.2, 0) is 6.54 Å². The number of fused-ring (bicyclic) bond motifs is 1. The highest BCUT2D eigenvalue weighted by Crippen LogP contribution is 2.19. The first-order valence-corrected chi connectivity index (χ1v) is 7.17. The van der Waals surface area contributed by atoms with Gasteiger partial charge in [-0.2, -0.15) is 0 Å². The second-order valence-electron chi connectivity index (χ2n) is 4.49. The smallest absolute Gasteiger partial charge is 0.109 e. The van der Waals surface area contributed by atoms with Crippen molar-refractivity contribution >= 4 is 22.1 Å². The molecule has 0 spiro atoms. The lowest BCUT2D eigenvalue weighted by molar-refractivity contribution is 0.573. The molecule has 1 unspecified atom stereocenters. The number of aromatic nitrogens is 2. The molecular formula is C15H15N3S. The number of thiazole rings is 1. The molecular weight excluding hydrogens is 254 g/mol. The van der Waals surface area contributed by atoms with Gasteiger partial charge in [0, 0.05) is 35.9 Å². The van der Waals surface area contributed by atoms with E-state index in [0.29, 0.717) is 0 Å². The first-order valence-electron chi connectivity index (χ1n) is 6.29. The van der Waals surface area contributed by atoms with Crippen molar-refractivity contribution in [2.45, 2.75) is 19.5 Å². The summed E-state index contributed by atoms with van der Waals surface area (Å²) < 4.78 is 0. The Morgan fingerprint density at radius 3 is 3.05 bits per heavy atom. The second-order valence-corrected chi connectivity index (χ2v) is 5.41. The molecule has 0 saturated heterocycles. The molecule has 19 heavy (non-hydrogen) atoms. The molecule has 1 N–H and O–H groups in total. The van der Waals surface area contributed by atoms with Gasteiger partial charge in [0.15, 0.2) is 0 Å². The third-order valence-electron chi connectivity index (χ3n) is 3.19. The molecule has 0 bridgehead atoms. The van der Waals surface area contributed by atoms with Crippen molar-refractivity contribution in [3.63, 3.8) is 0 Å². The summed E-state index contributed by atoms with van der Waals surface area (Å²) in [5.41, 5.74) is 1.29. The summed E-state index contributed by atoms with van der Waals surface area (Å²) in [6.45, 7) is 2.98. The van der Waals surface area contributed by atoms with Gasteiger partial charge in [0.25, 0.3) is 0 Å². The largest absolute Gasteiger partial charge is 0.304 e. The number of rotatable bonds is 4. The minimum Gasteiger partial charge on any atom is -0.304 e. The molecule has 3 aromatic rings. The Hall–Kier alpha value is -1.78. The van der Waals surface area contributed by atoms with Crippen molar-refractivity contribution in [3.05, 3.63) is 58.8 Å². The highest BCUT2D eigenvalue weighted by atomic mass is 32.1. The van der Waals surface area contributed by atoms with Gasteiger partial charge in [-0.3, -0.25) is 4.98 Å². The number of benzene rings is 1. The highest BCUT2D eigenvalue weighted by molar-refractivity contribution is 7.09. The number of hydrogen-bond acceptors (Lipinski definition) is 4. The summed E-state index contributed by atoms with van der Waals surface area (Å²) in [6.07, 6.45) is 5.60. The summed E-state index contributed by atoms with van der Waals surface area (Å²) in [5.74, 6) is 0. The van der Waals surface area contributed by atoms with Crippen molar-refractivity contribution in [2.24, 2.45) is 0 Å². The number of pyridine rings is 1. The Morgan fingerprint density at radius 2 is 2.21 bits per heavy atom. The summed E-state index contributed by atoms with van der Waals surface area (Å²) in [4.78, 5) is 8.50. The second kappa shape index (κ2) is 5.47.